The maximum absolute atomic E-state index is 12.7. The van der Waals surface area contributed by atoms with E-state index in [1.807, 2.05) is 0 Å². The minimum atomic E-state index is -5.58. The third-order valence-electron chi connectivity index (χ3n) is 7.62. The van der Waals surface area contributed by atoms with Crippen molar-refractivity contribution in [3.05, 3.63) is 24.3 Å². The predicted molar refractivity (Wildman–Crippen MR) is 193 cm³/mol. The van der Waals surface area contributed by atoms with Gasteiger partial charge in [-0.25, -0.2) is 28.6 Å². The Morgan fingerprint density at radius 3 is 2.41 bits per heavy atom. The Morgan fingerprint density at radius 2 is 1.75 bits per heavy atom. The number of phosphoric acid groups is 3. The summed E-state index contributed by atoms with van der Waals surface area (Å²) in [7, 11) is -16.4. The van der Waals surface area contributed by atoms with Gasteiger partial charge in [0.15, 0.2) is 17.7 Å². The summed E-state index contributed by atoms with van der Waals surface area (Å²) in [5, 5.41) is 34.9. The first-order chi connectivity index (χ1) is 25.9. The fourth-order valence-corrected chi connectivity index (χ4v) is 8.29. The molecule has 3 rings (SSSR count). The molecule has 0 saturated carbocycles. The number of nitrogen functional groups attached to an aromatic ring is 1. The quantitative estimate of drug-likeness (QED) is 0.0385. The smallest absolute Gasteiger partial charge is 0.396 e. The molecule has 1 saturated heterocycles. The highest BCUT2D eigenvalue weighted by molar-refractivity contribution is 8.14. The number of amides is 2. The zero-order chi connectivity index (χ0) is 42.1. The number of fused-ring (bicyclic) bond motifs is 1. The normalized spacial score (nSPS) is 22.0. The maximum atomic E-state index is 12.7. The molecular weight excluding hydrogens is 835 g/mol. The molecule has 29 heteroatoms. The van der Waals surface area contributed by atoms with Crippen molar-refractivity contribution in [2.75, 3.05) is 44.4 Å². The van der Waals surface area contributed by atoms with E-state index in [4.69, 9.17) is 24.6 Å². The minimum absolute atomic E-state index is 0.0258. The minimum Gasteiger partial charge on any atom is -0.396 e. The number of carbonyl (C=O) groups excluding carboxylic acids is 3. The fraction of sp³-hybridized carbons (Fsp3) is 0.630. The van der Waals surface area contributed by atoms with Gasteiger partial charge in [0.25, 0.3) is 0 Å². The lowest BCUT2D eigenvalue weighted by molar-refractivity contribution is -0.137. The van der Waals surface area contributed by atoms with Crippen molar-refractivity contribution in [1.29, 1.82) is 0 Å². The molecule has 7 unspecified atom stereocenters. The summed E-state index contributed by atoms with van der Waals surface area (Å²) < 4.78 is 62.0. The highest BCUT2D eigenvalue weighted by atomic mass is 32.2. The number of aliphatic hydroxyl groups is 3. The first kappa shape index (κ1) is 47.6. The third kappa shape index (κ3) is 14.6. The lowest BCUT2D eigenvalue weighted by Gasteiger charge is -2.30. The molecule has 11 N–H and O–H groups in total. The number of nitrogens with two attached hydrogens (primary N) is 1. The number of ether oxygens (including phenoxy) is 1. The van der Waals surface area contributed by atoms with Crippen LogP contribution in [0.15, 0.2) is 24.3 Å². The number of aliphatic hydroxyl groups excluding tert-OH is 3. The van der Waals surface area contributed by atoms with Crippen LogP contribution in [-0.4, -0.2) is 134 Å². The largest absolute Gasteiger partial charge is 0.481 e. The van der Waals surface area contributed by atoms with Gasteiger partial charge in [0.1, 0.15) is 36.3 Å². The number of hydrogen-bond acceptors (Lipinski definition) is 19. The van der Waals surface area contributed by atoms with E-state index in [0.717, 1.165) is 29.0 Å². The Labute approximate surface area is 322 Å². The van der Waals surface area contributed by atoms with Crippen molar-refractivity contribution < 1.29 is 85.6 Å². The number of phosphoric ester groups is 3. The van der Waals surface area contributed by atoms with Gasteiger partial charge >= 0.3 is 23.5 Å². The number of hydrogen-bond donors (Lipinski definition) is 10. The van der Waals surface area contributed by atoms with Gasteiger partial charge in [-0.15, -0.1) is 0 Å². The number of carbonyl (C=O) groups is 3. The van der Waals surface area contributed by atoms with Crippen molar-refractivity contribution in [3.8, 4) is 0 Å². The highest BCUT2D eigenvalue weighted by Crippen LogP contribution is 2.61. The van der Waals surface area contributed by atoms with Crippen molar-refractivity contribution in [1.82, 2.24) is 30.2 Å². The molecule has 2 amide bonds. The summed E-state index contributed by atoms with van der Waals surface area (Å²) in [6.07, 6.45) is -5.23. The van der Waals surface area contributed by atoms with E-state index in [2.05, 4.69) is 34.4 Å². The number of thioether (sulfide) groups is 1. The molecule has 316 valence electrons. The zero-order valence-electron chi connectivity index (χ0n) is 30.0. The Morgan fingerprint density at radius 1 is 1.07 bits per heavy atom. The molecule has 1 fully saturated rings. The Kier molecular flexibility index (Phi) is 17.3. The van der Waals surface area contributed by atoms with Crippen molar-refractivity contribution >= 4 is 69.1 Å². The lowest BCUT2D eigenvalue weighted by Crippen LogP contribution is -2.46. The molecule has 1 aliphatic rings. The van der Waals surface area contributed by atoms with Gasteiger partial charge in [-0.2, -0.15) is 4.31 Å². The van der Waals surface area contributed by atoms with Crippen LogP contribution < -0.4 is 16.4 Å². The molecular formula is C27H44N7O18P3S. The second-order valence-electron chi connectivity index (χ2n) is 12.7. The summed E-state index contributed by atoms with van der Waals surface area (Å²) in [5.41, 5.74) is 4.95. The molecule has 7 atom stereocenters. The van der Waals surface area contributed by atoms with Gasteiger partial charge in [-0.3, -0.25) is 32.5 Å². The monoisotopic (exact) mass is 879 g/mol. The summed E-state index contributed by atoms with van der Waals surface area (Å²) >= 11 is 0.966. The van der Waals surface area contributed by atoms with Gasteiger partial charge in [0.05, 0.1) is 19.5 Å². The van der Waals surface area contributed by atoms with Crippen molar-refractivity contribution in [3.63, 3.8) is 0 Å². The molecule has 25 nitrogen and oxygen atoms in total. The fourth-order valence-electron chi connectivity index (χ4n) is 4.77. The van der Waals surface area contributed by atoms with Crippen LogP contribution in [0.5, 0.6) is 0 Å². The van der Waals surface area contributed by atoms with E-state index in [9.17, 15) is 57.9 Å². The number of nitrogens with one attached hydrogen (secondary N) is 2. The highest BCUT2D eigenvalue weighted by Gasteiger charge is 2.50. The van der Waals surface area contributed by atoms with Crippen molar-refractivity contribution in [2.45, 2.75) is 64.3 Å². The molecule has 1 aliphatic heterocycles. The molecule has 2 aromatic rings. The number of imidazole rings is 1. The topological polar surface area (TPSA) is 384 Å². The number of rotatable bonds is 22. The molecule has 0 radical (unpaired) electrons. The van der Waals surface area contributed by atoms with Crippen LogP contribution in [0.4, 0.5) is 5.82 Å². The van der Waals surface area contributed by atoms with Crippen LogP contribution in [0.1, 0.15) is 39.8 Å². The average Bonchev–Trinajstić information content (AvgIpc) is 3.64. The Balaban J connectivity index is 1.49. The lowest BCUT2D eigenvalue weighted by atomic mass is 9.87. The first-order valence-electron chi connectivity index (χ1n) is 16.3. The van der Waals surface area contributed by atoms with Gasteiger partial charge in [0.2, 0.25) is 16.9 Å². The number of anilines is 1. The molecule has 0 spiro atoms. The maximum Gasteiger partial charge on any atom is 0.481 e. The van der Waals surface area contributed by atoms with Crippen LogP contribution in [-0.2, 0) is 50.7 Å². The summed E-state index contributed by atoms with van der Waals surface area (Å²) in [6.45, 7) is 2.00. The van der Waals surface area contributed by atoms with E-state index < -0.39 is 84.6 Å². The average molecular weight is 880 g/mol. The van der Waals surface area contributed by atoms with E-state index >= 15 is 0 Å². The van der Waals surface area contributed by atoms with Crippen LogP contribution in [0.2, 0.25) is 0 Å². The molecule has 56 heavy (non-hydrogen) atoms. The van der Waals surface area contributed by atoms with Crippen molar-refractivity contribution in [2.24, 2.45) is 5.41 Å². The number of aromatic nitrogens is 4. The van der Waals surface area contributed by atoms with E-state index in [1.165, 1.54) is 19.9 Å². The summed E-state index contributed by atoms with van der Waals surface area (Å²) in [6, 6.07) is 0. The van der Waals surface area contributed by atoms with Crippen LogP contribution >= 0.6 is 35.2 Å². The summed E-state index contributed by atoms with van der Waals surface area (Å²) in [4.78, 5) is 87.3. The second-order valence-corrected chi connectivity index (χ2v) is 18.0. The summed E-state index contributed by atoms with van der Waals surface area (Å²) in [5.74, 6) is -1.24. The van der Waals surface area contributed by atoms with Gasteiger partial charge in [-0.05, 0) is 19.4 Å². The second kappa shape index (κ2) is 20.3. The Hall–Kier alpha value is -2.74. The third-order valence-corrected chi connectivity index (χ3v) is 11.5. The van der Waals surface area contributed by atoms with Crippen LogP contribution in [0, 0.1) is 5.41 Å². The van der Waals surface area contributed by atoms with E-state index in [-0.39, 0.29) is 54.0 Å². The standard InChI is InChI=1S/C27H44N7O18P3S/c1-15(5-8-35)10-18(37)56-9-7-29-17(36)4-6-30-25(40)22(39)27(2,3)12-49-55(46,47)52-54(44,45)48-11-16-21(51-53(41,42)43)20(38)26(50-16)34-14-33-19-23(28)31-13-32-24(19)34/h10,13-14,16,20-22,26,35,38-39H,4-9,11-12H2,1-3H3,(H,29,36)(H,30,40)(H,44,45)(H,46,47)(H2,28,31,32)(H2,41,42,43). The number of nitrogens with zero attached hydrogens (tertiary/aromatic N) is 4. The molecule has 3 heterocycles. The van der Waals surface area contributed by atoms with E-state index in [0.29, 0.717) is 12.0 Å². The molecule has 0 aromatic carbocycles. The first-order valence-corrected chi connectivity index (χ1v) is 21.8. The van der Waals surface area contributed by atoms with E-state index in [1.54, 1.807) is 6.92 Å². The molecule has 2 aromatic heterocycles. The van der Waals surface area contributed by atoms with Gasteiger partial charge in [0, 0.05) is 37.3 Å². The SMILES string of the molecule is CC(=CC(=O)SCCNC(=O)CCNC(=O)C(O)C(C)(C)COP(=O)(O)OP(=O)(O)OCC1OC(n2cnc3c(N)ncnc32)C(O)C1OP(=O)(O)O)CCO. The van der Waals surface area contributed by atoms with Gasteiger partial charge in [-0.1, -0.05) is 31.2 Å². The Bertz CT molecular complexity index is 1880. The molecule has 0 aliphatic carbocycles. The molecule has 0 bridgehead atoms. The van der Waals surface area contributed by atoms with Gasteiger partial charge < -0.3 is 56.0 Å². The van der Waals surface area contributed by atoms with Crippen LogP contribution in [0.3, 0.4) is 0 Å². The zero-order valence-corrected chi connectivity index (χ0v) is 33.5. The predicted octanol–water partition coefficient (Wildman–Crippen LogP) is -1.01. The van der Waals surface area contributed by atoms with Crippen LogP contribution in [0.25, 0.3) is 11.2 Å².